The first-order chi connectivity index (χ1) is 8.69. The molecule has 0 saturated carbocycles. The fraction of sp³-hybridized carbons (Fsp3) is 0.571. The van der Waals surface area contributed by atoms with Crippen molar-refractivity contribution in [2.45, 2.75) is 31.8 Å². The average Bonchev–Trinajstić information content (AvgIpc) is 2.36. The number of ether oxygens (including phenoxy) is 1. The molecule has 3 N–H and O–H groups in total. The first-order valence-electron chi connectivity index (χ1n) is 6.38. The molecule has 1 rings (SSSR count). The smallest absolute Gasteiger partial charge is 0.0616 e. The summed E-state index contributed by atoms with van der Waals surface area (Å²) in [5, 5.41) is 3.60. The Morgan fingerprint density at radius 2 is 2.11 bits per heavy atom. The number of hydrogen-bond donors (Lipinski definition) is 2. The second-order valence-corrected chi connectivity index (χ2v) is 5.35. The minimum atomic E-state index is 0.290. The quantitative estimate of drug-likeness (QED) is 0.775. The van der Waals surface area contributed by atoms with Gasteiger partial charge in [0.25, 0.3) is 0 Å². The van der Waals surface area contributed by atoms with Gasteiger partial charge in [0.15, 0.2) is 0 Å². The summed E-state index contributed by atoms with van der Waals surface area (Å²) >= 11 is 3.59. The largest absolute Gasteiger partial charge is 0.383 e. The van der Waals surface area contributed by atoms with E-state index in [1.54, 1.807) is 7.11 Å². The Balaban J connectivity index is 2.60. The van der Waals surface area contributed by atoms with E-state index >= 15 is 0 Å². The summed E-state index contributed by atoms with van der Waals surface area (Å²) < 4.78 is 6.39. The van der Waals surface area contributed by atoms with Gasteiger partial charge >= 0.3 is 0 Å². The van der Waals surface area contributed by atoms with Gasteiger partial charge in [0.1, 0.15) is 0 Å². The van der Waals surface area contributed by atoms with Crippen molar-refractivity contribution in [3.63, 3.8) is 0 Å². The second kappa shape index (κ2) is 8.64. The van der Waals surface area contributed by atoms with Crippen LogP contribution in [0.4, 0.5) is 0 Å². The molecule has 1 aromatic rings. The second-order valence-electron chi connectivity index (χ2n) is 4.49. The highest BCUT2D eigenvalue weighted by Crippen LogP contribution is 2.23. The van der Waals surface area contributed by atoms with Crippen molar-refractivity contribution >= 4 is 15.9 Å². The first-order valence-corrected chi connectivity index (χ1v) is 7.17. The minimum absolute atomic E-state index is 0.290. The van der Waals surface area contributed by atoms with E-state index in [9.17, 15) is 0 Å². The molecular weight excluding hydrogens is 292 g/mol. The van der Waals surface area contributed by atoms with Gasteiger partial charge < -0.3 is 15.8 Å². The predicted octanol–water partition coefficient (Wildman–Crippen LogP) is 2.85. The maximum Gasteiger partial charge on any atom is 0.0616 e. The van der Waals surface area contributed by atoms with E-state index in [1.165, 1.54) is 5.56 Å². The Kier molecular flexibility index (Phi) is 7.51. The molecule has 2 atom stereocenters. The lowest BCUT2D eigenvalue weighted by Crippen LogP contribution is -2.35. The van der Waals surface area contributed by atoms with Crippen molar-refractivity contribution in [1.82, 2.24) is 5.32 Å². The van der Waals surface area contributed by atoms with Crippen LogP contribution in [0.1, 0.15) is 31.4 Å². The van der Waals surface area contributed by atoms with Gasteiger partial charge in [0, 0.05) is 23.7 Å². The number of nitrogens with one attached hydrogen (secondary N) is 1. The first kappa shape index (κ1) is 15.6. The van der Waals surface area contributed by atoms with Gasteiger partial charge in [-0.05, 0) is 37.9 Å². The lowest BCUT2D eigenvalue weighted by molar-refractivity contribution is 0.156. The van der Waals surface area contributed by atoms with Crippen LogP contribution in [0, 0.1) is 0 Å². The lowest BCUT2D eigenvalue weighted by Gasteiger charge is -2.23. The van der Waals surface area contributed by atoms with Crippen molar-refractivity contribution in [3.8, 4) is 0 Å². The van der Waals surface area contributed by atoms with E-state index in [1.807, 2.05) is 6.07 Å². The number of hydrogen-bond acceptors (Lipinski definition) is 3. The summed E-state index contributed by atoms with van der Waals surface area (Å²) in [5.74, 6) is 0. The number of rotatable bonds is 8. The third kappa shape index (κ3) is 5.06. The normalized spacial score (nSPS) is 14.4. The van der Waals surface area contributed by atoms with Gasteiger partial charge in [-0.25, -0.2) is 0 Å². The van der Waals surface area contributed by atoms with Crippen molar-refractivity contribution < 1.29 is 4.74 Å². The molecule has 0 saturated heterocycles. The molecule has 1 aromatic carbocycles. The standard InChI is InChI=1S/C14H23BrN2O/c1-11(13-7-3-4-8-14(13)15)17-12(10-18-2)6-5-9-16/h3-4,7-8,11-12,17H,5-6,9-10,16H2,1-2H3. The van der Waals surface area contributed by atoms with Gasteiger partial charge in [-0.2, -0.15) is 0 Å². The highest BCUT2D eigenvalue weighted by Gasteiger charge is 2.14. The Bertz CT molecular complexity index is 346. The number of halogens is 1. The zero-order chi connectivity index (χ0) is 13.4. The number of methoxy groups -OCH3 is 1. The Morgan fingerprint density at radius 1 is 1.39 bits per heavy atom. The van der Waals surface area contributed by atoms with Crippen LogP contribution >= 0.6 is 15.9 Å². The van der Waals surface area contributed by atoms with E-state index < -0.39 is 0 Å². The molecule has 2 unspecified atom stereocenters. The number of nitrogens with two attached hydrogens (primary N) is 1. The summed E-state index contributed by atoms with van der Waals surface area (Å²) in [6.45, 7) is 3.62. The summed E-state index contributed by atoms with van der Waals surface area (Å²) in [6, 6.07) is 8.93. The fourth-order valence-corrected chi connectivity index (χ4v) is 2.68. The van der Waals surface area contributed by atoms with Gasteiger partial charge in [-0.1, -0.05) is 34.1 Å². The predicted molar refractivity (Wildman–Crippen MR) is 79.6 cm³/mol. The van der Waals surface area contributed by atoms with Crippen LogP contribution in [0.5, 0.6) is 0 Å². The van der Waals surface area contributed by atoms with Crippen LogP contribution < -0.4 is 11.1 Å². The van der Waals surface area contributed by atoms with E-state index in [-0.39, 0.29) is 0 Å². The molecule has 0 bridgehead atoms. The molecule has 0 aliphatic heterocycles. The van der Waals surface area contributed by atoms with E-state index in [0.29, 0.717) is 12.1 Å². The van der Waals surface area contributed by atoms with Crippen LogP contribution in [-0.2, 0) is 4.74 Å². The van der Waals surface area contributed by atoms with Gasteiger partial charge in [-0.15, -0.1) is 0 Å². The topological polar surface area (TPSA) is 47.3 Å². The molecule has 102 valence electrons. The lowest BCUT2D eigenvalue weighted by atomic mass is 10.1. The van der Waals surface area contributed by atoms with Crippen molar-refractivity contribution in [2.24, 2.45) is 5.73 Å². The van der Waals surface area contributed by atoms with Crippen molar-refractivity contribution in [1.29, 1.82) is 0 Å². The molecule has 3 nitrogen and oxygen atoms in total. The Labute approximate surface area is 118 Å². The van der Waals surface area contributed by atoms with E-state index in [0.717, 1.165) is 30.5 Å². The molecule has 0 fully saturated rings. The molecule has 0 aliphatic rings. The minimum Gasteiger partial charge on any atom is -0.383 e. The zero-order valence-electron chi connectivity index (χ0n) is 11.2. The van der Waals surface area contributed by atoms with E-state index in [2.05, 4.69) is 46.4 Å². The third-order valence-corrected chi connectivity index (χ3v) is 3.70. The molecule has 0 aliphatic carbocycles. The molecule has 0 amide bonds. The SMILES string of the molecule is COCC(CCCN)NC(C)c1ccccc1Br. The van der Waals surface area contributed by atoms with Crippen molar-refractivity contribution in [2.75, 3.05) is 20.3 Å². The summed E-state index contributed by atoms with van der Waals surface area (Å²) in [5.41, 5.74) is 6.83. The highest BCUT2D eigenvalue weighted by atomic mass is 79.9. The Hall–Kier alpha value is -0.420. The Morgan fingerprint density at radius 3 is 2.72 bits per heavy atom. The third-order valence-electron chi connectivity index (χ3n) is 2.98. The summed E-state index contributed by atoms with van der Waals surface area (Å²) in [4.78, 5) is 0. The fourth-order valence-electron chi connectivity index (χ4n) is 2.05. The maximum atomic E-state index is 5.56. The molecular formula is C14H23BrN2O. The van der Waals surface area contributed by atoms with E-state index in [4.69, 9.17) is 10.5 Å². The summed E-state index contributed by atoms with van der Waals surface area (Å²) in [6.07, 6.45) is 2.06. The average molecular weight is 315 g/mol. The van der Waals surface area contributed by atoms with Gasteiger partial charge in [0.05, 0.1) is 6.61 Å². The molecule has 0 spiro atoms. The summed E-state index contributed by atoms with van der Waals surface area (Å²) in [7, 11) is 1.74. The van der Waals surface area contributed by atoms with Crippen LogP contribution in [-0.4, -0.2) is 26.3 Å². The zero-order valence-corrected chi connectivity index (χ0v) is 12.7. The number of benzene rings is 1. The maximum absolute atomic E-state index is 5.56. The molecule has 0 heterocycles. The van der Waals surface area contributed by atoms with Crippen LogP contribution in [0.15, 0.2) is 28.7 Å². The van der Waals surface area contributed by atoms with Gasteiger partial charge in [0.2, 0.25) is 0 Å². The van der Waals surface area contributed by atoms with Crippen molar-refractivity contribution in [3.05, 3.63) is 34.3 Å². The molecule has 4 heteroatoms. The van der Waals surface area contributed by atoms with Gasteiger partial charge in [-0.3, -0.25) is 0 Å². The molecule has 0 aromatic heterocycles. The van der Waals surface area contributed by atoms with Crippen LogP contribution in [0.3, 0.4) is 0 Å². The molecule has 0 radical (unpaired) electrons. The monoisotopic (exact) mass is 314 g/mol. The highest BCUT2D eigenvalue weighted by molar-refractivity contribution is 9.10. The van der Waals surface area contributed by atoms with Crippen LogP contribution in [0.2, 0.25) is 0 Å². The molecule has 18 heavy (non-hydrogen) atoms. The van der Waals surface area contributed by atoms with Crippen LogP contribution in [0.25, 0.3) is 0 Å².